The van der Waals surface area contributed by atoms with Crippen LogP contribution in [0.25, 0.3) is 21.9 Å². The highest BCUT2D eigenvalue weighted by molar-refractivity contribution is 6.22. The Labute approximate surface area is 121 Å². The van der Waals surface area contributed by atoms with E-state index in [0.717, 1.165) is 21.9 Å². The Bertz CT molecular complexity index is 907. The van der Waals surface area contributed by atoms with Crippen LogP contribution in [-0.2, 0) is 0 Å². The third-order valence-corrected chi connectivity index (χ3v) is 3.84. The molecule has 4 rings (SSSR count). The normalized spacial score (nSPS) is 13.3. The van der Waals surface area contributed by atoms with Crippen LogP contribution in [0, 0.1) is 0 Å². The summed E-state index contributed by atoms with van der Waals surface area (Å²) in [5.74, 6) is -0.642. The average Bonchev–Trinajstić information content (AvgIpc) is 2.81. The van der Waals surface area contributed by atoms with E-state index in [9.17, 15) is 9.59 Å². The second-order valence-corrected chi connectivity index (χ2v) is 5.07. The molecule has 2 amide bonds. The Kier molecular flexibility index (Phi) is 2.42. The molecule has 0 fully saturated rings. The van der Waals surface area contributed by atoms with Gasteiger partial charge in [-0.1, -0.05) is 48.5 Å². The Balaban J connectivity index is 1.96. The van der Waals surface area contributed by atoms with Crippen LogP contribution in [0.1, 0.15) is 20.7 Å². The number of imide groups is 1. The molecule has 100 valence electrons. The largest absolute Gasteiger partial charge is 0.288 e. The van der Waals surface area contributed by atoms with Crippen LogP contribution >= 0.6 is 0 Å². The van der Waals surface area contributed by atoms with Gasteiger partial charge in [-0.05, 0) is 34.0 Å². The molecule has 0 radical (unpaired) electrons. The molecule has 21 heavy (non-hydrogen) atoms. The van der Waals surface area contributed by atoms with Crippen LogP contribution in [0.3, 0.4) is 0 Å². The Morgan fingerprint density at radius 3 is 2.33 bits per heavy atom. The Morgan fingerprint density at radius 1 is 0.667 bits per heavy atom. The van der Waals surface area contributed by atoms with Crippen molar-refractivity contribution in [1.82, 2.24) is 5.32 Å². The van der Waals surface area contributed by atoms with Crippen molar-refractivity contribution in [3.63, 3.8) is 0 Å². The SMILES string of the molecule is O=C1NC(=O)c2cc(-c3cccc4ccccc34)ccc21. The zero-order valence-corrected chi connectivity index (χ0v) is 11.1. The van der Waals surface area contributed by atoms with E-state index in [1.807, 2.05) is 30.3 Å². The first-order valence-electron chi connectivity index (χ1n) is 6.72. The van der Waals surface area contributed by atoms with Crippen LogP contribution in [0.15, 0.2) is 60.7 Å². The standard InChI is InChI=1S/C18H11NO2/c20-17-15-9-8-12(10-16(15)18(21)19-17)14-7-3-5-11-4-1-2-6-13(11)14/h1-10H,(H,19,20,21). The van der Waals surface area contributed by atoms with Gasteiger partial charge in [-0.2, -0.15) is 0 Å². The number of amides is 2. The van der Waals surface area contributed by atoms with E-state index in [-0.39, 0.29) is 11.8 Å². The summed E-state index contributed by atoms with van der Waals surface area (Å²) >= 11 is 0. The lowest BCUT2D eigenvalue weighted by Crippen LogP contribution is -2.19. The first kappa shape index (κ1) is 11.9. The first-order chi connectivity index (χ1) is 10.2. The maximum atomic E-state index is 11.8. The minimum Gasteiger partial charge on any atom is -0.288 e. The summed E-state index contributed by atoms with van der Waals surface area (Å²) in [5, 5.41) is 4.60. The third kappa shape index (κ3) is 1.75. The fraction of sp³-hybridized carbons (Fsp3) is 0. The van der Waals surface area contributed by atoms with Crippen molar-refractivity contribution in [2.75, 3.05) is 0 Å². The molecular formula is C18H11NO2. The number of hydrogen-bond acceptors (Lipinski definition) is 2. The summed E-state index contributed by atoms with van der Waals surface area (Å²) in [6, 6.07) is 19.6. The molecule has 0 saturated heterocycles. The molecule has 0 spiro atoms. The molecule has 3 heteroatoms. The van der Waals surface area contributed by atoms with Gasteiger partial charge in [-0.15, -0.1) is 0 Å². The lowest BCUT2D eigenvalue weighted by molar-refractivity contribution is 0.0879. The van der Waals surface area contributed by atoms with Crippen molar-refractivity contribution in [2.24, 2.45) is 0 Å². The van der Waals surface area contributed by atoms with E-state index in [1.165, 1.54) is 0 Å². The van der Waals surface area contributed by atoms with Crippen molar-refractivity contribution < 1.29 is 9.59 Å². The van der Waals surface area contributed by atoms with Crippen LogP contribution in [0.2, 0.25) is 0 Å². The molecule has 3 aromatic rings. The number of carbonyl (C=O) groups is 2. The summed E-state index contributed by atoms with van der Waals surface area (Å²) in [7, 11) is 0. The highest BCUT2D eigenvalue weighted by Crippen LogP contribution is 2.30. The van der Waals surface area contributed by atoms with E-state index >= 15 is 0 Å². The molecule has 1 aliphatic heterocycles. The molecular weight excluding hydrogens is 262 g/mol. The van der Waals surface area contributed by atoms with Crippen molar-refractivity contribution in [3.05, 3.63) is 71.8 Å². The first-order valence-corrected chi connectivity index (χ1v) is 6.72. The van der Waals surface area contributed by atoms with Crippen LogP contribution in [-0.4, -0.2) is 11.8 Å². The molecule has 1 N–H and O–H groups in total. The highest BCUT2D eigenvalue weighted by Gasteiger charge is 2.26. The summed E-state index contributed by atoms with van der Waals surface area (Å²) < 4.78 is 0. The molecule has 0 unspecified atom stereocenters. The van der Waals surface area contributed by atoms with Gasteiger partial charge in [0.15, 0.2) is 0 Å². The average molecular weight is 273 g/mol. The van der Waals surface area contributed by atoms with Gasteiger partial charge in [0.05, 0.1) is 11.1 Å². The molecule has 0 atom stereocenters. The van der Waals surface area contributed by atoms with E-state index < -0.39 is 0 Å². The summed E-state index contributed by atoms with van der Waals surface area (Å²) in [5.41, 5.74) is 2.90. The molecule has 0 aromatic heterocycles. The Hall–Kier alpha value is -2.94. The second-order valence-electron chi connectivity index (χ2n) is 5.07. The lowest BCUT2D eigenvalue weighted by atomic mass is 9.95. The fourth-order valence-electron chi connectivity index (χ4n) is 2.81. The summed E-state index contributed by atoms with van der Waals surface area (Å²) in [4.78, 5) is 23.4. The quantitative estimate of drug-likeness (QED) is 0.691. The minimum atomic E-state index is -0.322. The van der Waals surface area contributed by atoms with Gasteiger partial charge < -0.3 is 0 Å². The molecule has 1 aliphatic rings. The number of hydrogen-bond donors (Lipinski definition) is 1. The zero-order chi connectivity index (χ0) is 14.4. The van der Waals surface area contributed by atoms with Crippen molar-refractivity contribution in [3.8, 4) is 11.1 Å². The number of rotatable bonds is 1. The maximum absolute atomic E-state index is 11.8. The van der Waals surface area contributed by atoms with E-state index in [1.54, 1.807) is 12.1 Å². The van der Waals surface area contributed by atoms with Crippen LogP contribution in [0.4, 0.5) is 0 Å². The van der Waals surface area contributed by atoms with Gasteiger partial charge in [-0.3, -0.25) is 14.9 Å². The van der Waals surface area contributed by atoms with Crippen LogP contribution < -0.4 is 5.32 Å². The van der Waals surface area contributed by atoms with Gasteiger partial charge in [0, 0.05) is 0 Å². The van der Waals surface area contributed by atoms with Gasteiger partial charge in [0.1, 0.15) is 0 Å². The van der Waals surface area contributed by atoms with E-state index in [4.69, 9.17) is 0 Å². The minimum absolute atomic E-state index is 0.320. The molecule has 1 heterocycles. The van der Waals surface area contributed by atoms with Gasteiger partial charge in [0.2, 0.25) is 0 Å². The van der Waals surface area contributed by atoms with Gasteiger partial charge >= 0.3 is 0 Å². The van der Waals surface area contributed by atoms with Crippen LogP contribution in [0.5, 0.6) is 0 Å². The monoisotopic (exact) mass is 273 g/mol. The number of carbonyl (C=O) groups excluding carboxylic acids is 2. The molecule has 0 bridgehead atoms. The number of nitrogens with one attached hydrogen (secondary N) is 1. The van der Waals surface area contributed by atoms with Crippen molar-refractivity contribution in [1.29, 1.82) is 0 Å². The van der Waals surface area contributed by atoms with Gasteiger partial charge in [-0.25, -0.2) is 0 Å². The fourth-order valence-corrected chi connectivity index (χ4v) is 2.81. The molecule has 0 aliphatic carbocycles. The number of benzene rings is 3. The van der Waals surface area contributed by atoms with Gasteiger partial charge in [0.25, 0.3) is 11.8 Å². The second kappa shape index (κ2) is 4.28. The molecule has 3 aromatic carbocycles. The molecule has 0 saturated carbocycles. The molecule has 3 nitrogen and oxygen atoms in total. The predicted octanol–water partition coefficient (Wildman–Crippen LogP) is 3.39. The predicted molar refractivity (Wildman–Crippen MR) is 81.2 cm³/mol. The van der Waals surface area contributed by atoms with E-state index in [0.29, 0.717) is 11.1 Å². The zero-order valence-electron chi connectivity index (χ0n) is 11.1. The number of fused-ring (bicyclic) bond motifs is 2. The maximum Gasteiger partial charge on any atom is 0.258 e. The topological polar surface area (TPSA) is 46.2 Å². The summed E-state index contributed by atoms with van der Waals surface area (Å²) in [6.07, 6.45) is 0. The van der Waals surface area contributed by atoms with Crippen molar-refractivity contribution >= 4 is 22.6 Å². The summed E-state index contributed by atoms with van der Waals surface area (Å²) in [6.45, 7) is 0. The van der Waals surface area contributed by atoms with Crippen molar-refractivity contribution in [2.45, 2.75) is 0 Å². The lowest BCUT2D eigenvalue weighted by Gasteiger charge is -2.07. The third-order valence-electron chi connectivity index (χ3n) is 3.84. The highest BCUT2D eigenvalue weighted by atomic mass is 16.2. The Morgan fingerprint density at radius 2 is 1.43 bits per heavy atom. The van der Waals surface area contributed by atoms with E-state index in [2.05, 4.69) is 23.5 Å². The smallest absolute Gasteiger partial charge is 0.258 e.